The van der Waals surface area contributed by atoms with Crippen molar-refractivity contribution in [3.05, 3.63) is 70.9 Å². The van der Waals surface area contributed by atoms with Crippen LogP contribution in [0.4, 0.5) is 21.8 Å². The molecule has 6 heteroatoms. The lowest BCUT2D eigenvalue weighted by Crippen LogP contribution is -2.23. The predicted octanol–water partition coefficient (Wildman–Crippen LogP) is 3.86. The van der Waals surface area contributed by atoms with Crippen LogP contribution in [0, 0.1) is 26.6 Å². The molecule has 0 aliphatic heterocycles. The summed E-state index contributed by atoms with van der Waals surface area (Å²) in [4.78, 5) is 15.0. The number of nitrogens with two attached hydrogens (primary N) is 1. The number of hydrogen-bond donors (Lipinski definition) is 1. The third-order valence-corrected chi connectivity index (χ3v) is 4.16. The second-order valence-corrected chi connectivity index (χ2v) is 5.93. The number of nitrogens with zero attached hydrogens (tertiary/aromatic N) is 4. The maximum absolute atomic E-state index is 14.6. The van der Waals surface area contributed by atoms with Gasteiger partial charge in [0.2, 0.25) is 5.95 Å². The Bertz CT molecular complexity index is 852. The van der Waals surface area contributed by atoms with Crippen molar-refractivity contribution >= 4 is 17.5 Å². The lowest BCUT2D eigenvalue weighted by Gasteiger charge is -2.25. The van der Waals surface area contributed by atoms with Gasteiger partial charge >= 0.3 is 0 Å². The molecule has 0 unspecified atom stereocenters. The number of aromatic nitrogens is 3. The van der Waals surface area contributed by atoms with E-state index in [0.29, 0.717) is 24.0 Å². The highest BCUT2D eigenvalue weighted by Gasteiger charge is 2.21. The third kappa shape index (κ3) is 3.42. The molecule has 3 aromatic rings. The second-order valence-electron chi connectivity index (χ2n) is 5.93. The zero-order valence-electron chi connectivity index (χ0n) is 14.5. The molecule has 2 aromatic heterocycles. The summed E-state index contributed by atoms with van der Waals surface area (Å²) < 4.78 is 14.6. The molecule has 0 saturated heterocycles. The van der Waals surface area contributed by atoms with Crippen LogP contribution in [-0.2, 0) is 6.54 Å². The van der Waals surface area contributed by atoms with Crippen molar-refractivity contribution in [3.63, 3.8) is 0 Å². The lowest BCUT2D eigenvalue weighted by atomic mass is 10.1. The molecular weight excluding hydrogens is 317 g/mol. The lowest BCUT2D eigenvalue weighted by molar-refractivity contribution is 0.621. The Kier molecular flexibility index (Phi) is 4.61. The van der Waals surface area contributed by atoms with Crippen LogP contribution in [0.15, 0.2) is 42.6 Å². The van der Waals surface area contributed by atoms with Crippen molar-refractivity contribution in [2.24, 2.45) is 0 Å². The van der Waals surface area contributed by atoms with Crippen LogP contribution in [0.2, 0.25) is 0 Å². The summed E-state index contributed by atoms with van der Waals surface area (Å²) in [5, 5.41) is 0. The summed E-state index contributed by atoms with van der Waals surface area (Å²) in [6, 6.07) is 10.6. The van der Waals surface area contributed by atoms with Crippen molar-refractivity contribution in [1.29, 1.82) is 0 Å². The van der Waals surface area contributed by atoms with Gasteiger partial charge < -0.3 is 10.6 Å². The molecule has 0 atom stereocenters. The number of hydrogen-bond acceptors (Lipinski definition) is 5. The molecule has 0 aliphatic rings. The second kappa shape index (κ2) is 6.84. The first kappa shape index (κ1) is 16.8. The zero-order chi connectivity index (χ0) is 18.0. The van der Waals surface area contributed by atoms with Crippen LogP contribution in [0.3, 0.4) is 0 Å². The van der Waals surface area contributed by atoms with Gasteiger partial charge in [-0.2, -0.15) is 4.98 Å². The Morgan fingerprint density at radius 3 is 2.48 bits per heavy atom. The normalized spacial score (nSPS) is 10.7. The summed E-state index contributed by atoms with van der Waals surface area (Å²) in [5.41, 5.74) is 9.61. The largest absolute Gasteiger partial charge is 0.383 e. The molecule has 2 heterocycles. The smallest absolute Gasteiger partial charge is 0.232 e. The van der Waals surface area contributed by atoms with Crippen LogP contribution >= 0.6 is 0 Å². The van der Waals surface area contributed by atoms with Crippen LogP contribution in [0.25, 0.3) is 0 Å². The number of rotatable bonds is 4. The number of pyridine rings is 1. The van der Waals surface area contributed by atoms with Gasteiger partial charge in [-0.3, -0.25) is 4.98 Å². The van der Waals surface area contributed by atoms with E-state index >= 15 is 0 Å². The van der Waals surface area contributed by atoms with E-state index in [1.54, 1.807) is 17.2 Å². The van der Waals surface area contributed by atoms with Gasteiger partial charge in [-0.1, -0.05) is 18.2 Å². The number of para-hydroxylation sites is 1. The Hall–Kier alpha value is -3.02. The van der Waals surface area contributed by atoms with Crippen LogP contribution in [-0.4, -0.2) is 15.0 Å². The van der Waals surface area contributed by atoms with Crippen LogP contribution < -0.4 is 10.6 Å². The first-order valence-corrected chi connectivity index (χ1v) is 8.00. The highest BCUT2D eigenvalue weighted by molar-refractivity contribution is 5.64. The first-order valence-electron chi connectivity index (χ1n) is 8.00. The standard InChI is InChI=1S/C19H20FN5/c1-12-7-6-9-16(20)17(12)25(11-15-8-4-5-10-22-15)19-23-14(3)13(2)18(21)24-19/h4-10H,11H2,1-3H3,(H2,21,23,24). The van der Waals surface area contributed by atoms with E-state index in [2.05, 4.69) is 15.0 Å². The van der Waals surface area contributed by atoms with E-state index in [1.807, 2.05) is 45.0 Å². The fraction of sp³-hybridized carbons (Fsp3) is 0.211. The van der Waals surface area contributed by atoms with Crippen molar-refractivity contribution < 1.29 is 4.39 Å². The quantitative estimate of drug-likeness (QED) is 0.783. The molecule has 0 saturated carbocycles. The van der Waals surface area contributed by atoms with Gasteiger partial charge in [0.1, 0.15) is 11.6 Å². The molecule has 0 spiro atoms. The predicted molar refractivity (Wildman–Crippen MR) is 97.1 cm³/mol. The van der Waals surface area contributed by atoms with Gasteiger partial charge in [-0.05, 0) is 44.5 Å². The van der Waals surface area contributed by atoms with Crippen molar-refractivity contribution in [2.45, 2.75) is 27.3 Å². The number of halogens is 1. The topological polar surface area (TPSA) is 67.9 Å². The fourth-order valence-electron chi connectivity index (χ4n) is 2.62. The first-order chi connectivity index (χ1) is 12.0. The minimum Gasteiger partial charge on any atom is -0.383 e. The van der Waals surface area contributed by atoms with E-state index in [4.69, 9.17) is 5.73 Å². The maximum Gasteiger partial charge on any atom is 0.232 e. The van der Waals surface area contributed by atoms with E-state index in [0.717, 1.165) is 22.5 Å². The summed E-state index contributed by atoms with van der Waals surface area (Å²) in [7, 11) is 0. The van der Waals surface area contributed by atoms with Gasteiger partial charge in [0.05, 0.1) is 17.9 Å². The monoisotopic (exact) mass is 337 g/mol. The number of nitrogen functional groups attached to an aromatic ring is 1. The average Bonchev–Trinajstić information content (AvgIpc) is 2.59. The maximum atomic E-state index is 14.6. The van der Waals surface area contributed by atoms with Crippen LogP contribution in [0.1, 0.15) is 22.5 Å². The van der Waals surface area contributed by atoms with Gasteiger partial charge in [0.25, 0.3) is 0 Å². The molecule has 1 aromatic carbocycles. The number of aryl methyl sites for hydroxylation is 2. The van der Waals surface area contributed by atoms with Crippen molar-refractivity contribution in [1.82, 2.24) is 15.0 Å². The molecular formula is C19H20FN5. The average molecular weight is 337 g/mol. The van der Waals surface area contributed by atoms with E-state index in [1.165, 1.54) is 6.07 Å². The Morgan fingerprint density at radius 1 is 1.04 bits per heavy atom. The van der Waals surface area contributed by atoms with Gasteiger partial charge in [-0.15, -0.1) is 0 Å². The van der Waals surface area contributed by atoms with Crippen LogP contribution in [0.5, 0.6) is 0 Å². The van der Waals surface area contributed by atoms with E-state index < -0.39 is 0 Å². The van der Waals surface area contributed by atoms with E-state index in [9.17, 15) is 4.39 Å². The fourth-order valence-corrected chi connectivity index (χ4v) is 2.62. The van der Waals surface area contributed by atoms with E-state index in [-0.39, 0.29) is 5.82 Å². The number of benzene rings is 1. The number of anilines is 3. The Morgan fingerprint density at radius 2 is 1.84 bits per heavy atom. The highest BCUT2D eigenvalue weighted by atomic mass is 19.1. The van der Waals surface area contributed by atoms with Gasteiger partial charge in [-0.25, -0.2) is 9.37 Å². The molecule has 3 rings (SSSR count). The summed E-state index contributed by atoms with van der Waals surface area (Å²) in [6.07, 6.45) is 1.71. The SMILES string of the molecule is Cc1cccc(F)c1N(Cc1ccccn1)c1nc(C)c(C)c(N)n1. The third-order valence-electron chi connectivity index (χ3n) is 4.16. The molecule has 0 fully saturated rings. The molecule has 2 N–H and O–H groups in total. The molecule has 25 heavy (non-hydrogen) atoms. The minimum absolute atomic E-state index is 0.337. The Balaban J connectivity index is 2.16. The van der Waals surface area contributed by atoms with Crippen molar-refractivity contribution in [3.8, 4) is 0 Å². The highest BCUT2D eigenvalue weighted by Crippen LogP contribution is 2.31. The molecule has 0 radical (unpaired) electrons. The summed E-state index contributed by atoms with van der Waals surface area (Å²) in [5.74, 6) is 0.415. The Labute approximate surface area is 146 Å². The van der Waals surface area contributed by atoms with Gasteiger partial charge in [0, 0.05) is 17.5 Å². The molecule has 0 aliphatic carbocycles. The summed E-state index contributed by atoms with van der Waals surface area (Å²) >= 11 is 0. The minimum atomic E-state index is -0.337. The molecule has 0 amide bonds. The molecule has 128 valence electrons. The molecule has 0 bridgehead atoms. The summed E-state index contributed by atoms with van der Waals surface area (Å²) in [6.45, 7) is 5.93. The van der Waals surface area contributed by atoms with Crippen molar-refractivity contribution in [2.75, 3.05) is 10.6 Å². The molecule has 5 nitrogen and oxygen atoms in total. The zero-order valence-corrected chi connectivity index (χ0v) is 14.5. The van der Waals surface area contributed by atoms with Gasteiger partial charge in [0.15, 0.2) is 0 Å².